The highest BCUT2D eigenvalue weighted by atomic mass is 16.3. The van der Waals surface area contributed by atoms with E-state index in [1.54, 1.807) is 45.8 Å². The van der Waals surface area contributed by atoms with Gasteiger partial charge in [-0.1, -0.05) is 13.2 Å². The maximum absolute atomic E-state index is 10.2. The van der Waals surface area contributed by atoms with Crippen molar-refractivity contribution in [1.82, 2.24) is 24.3 Å². The fourth-order valence-corrected chi connectivity index (χ4v) is 2.80. The Morgan fingerprint density at radius 2 is 1.47 bits per heavy atom. The van der Waals surface area contributed by atoms with E-state index in [-0.39, 0.29) is 17.0 Å². The summed E-state index contributed by atoms with van der Waals surface area (Å²) in [6, 6.07) is 9.81. The van der Waals surface area contributed by atoms with Crippen molar-refractivity contribution in [2.75, 3.05) is 0 Å². The van der Waals surface area contributed by atoms with Crippen molar-refractivity contribution in [1.29, 1.82) is 0 Å². The van der Waals surface area contributed by atoms with Crippen LogP contribution in [0.15, 0.2) is 78.1 Å². The van der Waals surface area contributed by atoms with Crippen molar-refractivity contribution in [2.45, 2.75) is 0 Å². The molecule has 0 saturated carbocycles. The van der Waals surface area contributed by atoms with Gasteiger partial charge < -0.3 is 19.3 Å². The van der Waals surface area contributed by atoms with Crippen molar-refractivity contribution in [3.8, 4) is 22.8 Å². The number of rotatable bonds is 4. The maximum Gasteiger partial charge on any atom is 0.186 e. The van der Waals surface area contributed by atoms with Crippen molar-refractivity contribution in [3.63, 3.8) is 0 Å². The molecule has 2 N–H and O–H groups in total. The lowest BCUT2D eigenvalue weighted by molar-refractivity contribution is 0.461. The molecule has 2 aliphatic heterocycles. The molecule has 9 nitrogen and oxygen atoms in total. The van der Waals surface area contributed by atoms with Gasteiger partial charge in [-0.25, -0.2) is 15.0 Å². The molecule has 2 aromatic rings. The van der Waals surface area contributed by atoms with Crippen molar-refractivity contribution >= 4 is 24.0 Å². The minimum atomic E-state index is -0.0174. The molecule has 0 aliphatic carbocycles. The van der Waals surface area contributed by atoms with Gasteiger partial charge in [0.1, 0.15) is 5.69 Å². The van der Waals surface area contributed by atoms with Crippen LogP contribution in [0.25, 0.3) is 23.7 Å². The molecule has 0 saturated heterocycles. The van der Waals surface area contributed by atoms with Crippen LogP contribution in [0.1, 0.15) is 0 Å². The average Bonchev–Trinajstić information content (AvgIpc) is 3.02. The molecule has 0 spiro atoms. The van der Waals surface area contributed by atoms with Crippen molar-refractivity contribution in [2.24, 2.45) is 9.98 Å². The van der Waals surface area contributed by atoms with E-state index in [2.05, 4.69) is 38.3 Å². The van der Waals surface area contributed by atoms with Crippen LogP contribution in [0.4, 0.5) is 11.6 Å². The molecule has 0 bridgehead atoms. The Morgan fingerprint density at radius 1 is 0.833 bits per heavy atom. The first-order valence-electron chi connectivity index (χ1n) is 8.88. The molecule has 0 atom stereocenters. The summed E-state index contributed by atoms with van der Waals surface area (Å²) in [5, 5.41) is 28.5. The largest absolute Gasteiger partial charge is 0.504 e. The van der Waals surface area contributed by atoms with Gasteiger partial charge in [-0.05, 0) is 36.4 Å². The summed E-state index contributed by atoms with van der Waals surface area (Å²) in [6.45, 7) is 7.42. The predicted molar refractivity (Wildman–Crippen MR) is 112 cm³/mol. The monoisotopic (exact) mass is 399 g/mol. The van der Waals surface area contributed by atoms with Crippen LogP contribution >= 0.6 is 0 Å². The van der Waals surface area contributed by atoms with Crippen molar-refractivity contribution in [3.05, 3.63) is 79.1 Å². The standard InChI is InChI=1S/C21H17N7O2/c1-3-27-11-5-7-16(29)20(27)23-18-10-9-14-15(13-22-18)25-26-19(14)24-21-17(30)8-6-12-28(21)4-2/h3-13,29-30H,1-2H2/b23-20?,24-21+. The first kappa shape index (κ1) is 18.8. The summed E-state index contributed by atoms with van der Waals surface area (Å²) in [4.78, 5) is 13.2. The zero-order valence-electron chi connectivity index (χ0n) is 15.8. The van der Waals surface area contributed by atoms with Gasteiger partial charge in [0.25, 0.3) is 0 Å². The summed E-state index contributed by atoms with van der Waals surface area (Å²) in [5.74, 6) is 0.638. The van der Waals surface area contributed by atoms with Gasteiger partial charge in [-0.2, -0.15) is 0 Å². The molecule has 0 unspecified atom stereocenters. The molecule has 2 aromatic heterocycles. The molecule has 30 heavy (non-hydrogen) atoms. The quantitative estimate of drug-likeness (QED) is 0.548. The third kappa shape index (κ3) is 3.47. The van der Waals surface area contributed by atoms with Gasteiger partial charge in [0.05, 0.1) is 11.8 Å². The number of fused-ring (bicyclic) bond motifs is 1. The first-order chi connectivity index (χ1) is 14.6. The molecular formula is C21H17N7O2. The van der Waals surface area contributed by atoms with Gasteiger partial charge >= 0.3 is 0 Å². The molecule has 0 amide bonds. The van der Waals surface area contributed by atoms with E-state index in [1.807, 2.05) is 0 Å². The van der Waals surface area contributed by atoms with Gasteiger partial charge in [0.2, 0.25) is 0 Å². The fraction of sp³-hybridized carbons (Fsp3) is 0. The molecule has 0 aromatic carbocycles. The Bertz CT molecular complexity index is 1370. The average molecular weight is 399 g/mol. The van der Waals surface area contributed by atoms with Crippen LogP contribution in [0.3, 0.4) is 0 Å². The molecular weight excluding hydrogens is 382 g/mol. The molecule has 4 rings (SSSR count). The number of nitrogens with zero attached hydrogens (tertiary/aromatic N) is 7. The molecule has 9 heteroatoms. The lowest BCUT2D eigenvalue weighted by Gasteiger charge is -2.01. The third-order valence-corrected chi connectivity index (χ3v) is 4.26. The van der Waals surface area contributed by atoms with E-state index in [4.69, 9.17) is 0 Å². The van der Waals surface area contributed by atoms with Crippen LogP contribution in [0, 0.1) is 0 Å². The smallest absolute Gasteiger partial charge is 0.186 e. The van der Waals surface area contributed by atoms with Crippen molar-refractivity contribution < 1.29 is 10.2 Å². The molecule has 4 heterocycles. The number of aromatic hydroxyl groups is 2. The fourth-order valence-electron chi connectivity index (χ4n) is 2.80. The highest BCUT2D eigenvalue weighted by Gasteiger charge is 2.13. The lowest BCUT2D eigenvalue weighted by Crippen LogP contribution is -2.15. The maximum atomic E-state index is 10.2. The Kier molecular flexibility index (Phi) is 4.92. The van der Waals surface area contributed by atoms with E-state index in [0.717, 1.165) is 0 Å². The lowest BCUT2D eigenvalue weighted by atomic mass is 10.2. The third-order valence-electron chi connectivity index (χ3n) is 4.26. The summed E-state index contributed by atoms with van der Waals surface area (Å²) in [6.07, 6.45) is 8.00. The molecule has 2 aliphatic rings. The summed E-state index contributed by atoms with van der Waals surface area (Å²) >= 11 is 0. The van der Waals surface area contributed by atoms with Gasteiger partial charge in [0.15, 0.2) is 34.1 Å². The zero-order chi connectivity index (χ0) is 21.1. The van der Waals surface area contributed by atoms with E-state index >= 15 is 0 Å². The second-order valence-electron chi connectivity index (χ2n) is 6.11. The Labute approximate surface area is 171 Å². The van der Waals surface area contributed by atoms with E-state index < -0.39 is 0 Å². The Hall–Kier alpha value is -4.53. The highest BCUT2D eigenvalue weighted by molar-refractivity contribution is 5.71. The molecule has 148 valence electrons. The minimum absolute atomic E-state index is 0.00582. The Morgan fingerprint density at radius 3 is 2.10 bits per heavy atom. The van der Waals surface area contributed by atoms with Crippen LogP contribution in [-0.2, 0) is 0 Å². The van der Waals surface area contributed by atoms with E-state index in [0.29, 0.717) is 28.4 Å². The van der Waals surface area contributed by atoms with Crippen LogP contribution in [-0.4, -0.2) is 34.5 Å². The highest BCUT2D eigenvalue weighted by Crippen LogP contribution is 2.28. The van der Waals surface area contributed by atoms with Gasteiger partial charge in [-0.15, -0.1) is 10.2 Å². The number of pyridine rings is 2. The number of hydrogen-bond acceptors (Lipinski definition) is 7. The molecule has 0 radical (unpaired) electrons. The summed E-state index contributed by atoms with van der Waals surface area (Å²) in [5.41, 5.74) is 1.70. The zero-order valence-corrected chi connectivity index (χ0v) is 15.8. The van der Waals surface area contributed by atoms with Crippen LogP contribution in [0.2, 0.25) is 0 Å². The van der Waals surface area contributed by atoms with Gasteiger partial charge in [-0.3, -0.25) is 0 Å². The topological polar surface area (TPSA) is 114 Å². The number of hydrogen-bond donors (Lipinski definition) is 2. The Balaban J connectivity index is 1.87. The first-order valence-corrected chi connectivity index (χ1v) is 8.88. The SMILES string of the molecule is C=Cn1cccc(O)c1=Nc1ccc2c(/N=c3\c(O)cccn3C=C)nnc-2cn1. The van der Waals surface area contributed by atoms with Gasteiger partial charge in [0, 0.05) is 24.8 Å². The number of aromatic nitrogens is 5. The molecule has 0 fully saturated rings. The predicted octanol–water partition coefficient (Wildman–Crippen LogP) is 2.66. The second kappa shape index (κ2) is 7.84. The summed E-state index contributed by atoms with van der Waals surface area (Å²) in [7, 11) is 0. The van der Waals surface area contributed by atoms with Crippen LogP contribution < -0.4 is 11.0 Å². The van der Waals surface area contributed by atoms with E-state index in [1.165, 1.54) is 30.7 Å². The normalized spacial score (nSPS) is 12.3. The summed E-state index contributed by atoms with van der Waals surface area (Å²) < 4.78 is 3.15. The second-order valence-corrected chi connectivity index (χ2v) is 6.11. The van der Waals surface area contributed by atoms with E-state index in [9.17, 15) is 10.2 Å². The van der Waals surface area contributed by atoms with Crippen LogP contribution in [0.5, 0.6) is 11.5 Å². The minimum Gasteiger partial charge on any atom is -0.504 e.